The monoisotopic (exact) mass is 690 g/mol. The van der Waals surface area contributed by atoms with Gasteiger partial charge in [0, 0.05) is 16.8 Å². The first kappa shape index (κ1) is 31.6. The molecule has 2 aliphatic rings. The van der Waals surface area contributed by atoms with Gasteiger partial charge in [0.15, 0.2) is 0 Å². The van der Waals surface area contributed by atoms with Gasteiger partial charge in [0.25, 0.3) is 0 Å². The van der Waals surface area contributed by atoms with E-state index in [4.69, 9.17) is 14.2 Å². The van der Waals surface area contributed by atoms with Crippen LogP contribution in [-0.2, 0) is 28.5 Å². The number of rotatable bonds is 12. The van der Waals surface area contributed by atoms with Crippen molar-refractivity contribution < 1.29 is 54.7 Å². The molecule has 0 radical (unpaired) electrons. The van der Waals surface area contributed by atoms with E-state index in [0.717, 1.165) is 0 Å². The van der Waals surface area contributed by atoms with Crippen LogP contribution in [0.2, 0.25) is 0 Å². The van der Waals surface area contributed by atoms with Crippen LogP contribution in [0.25, 0.3) is 0 Å². The van der Waals surface area contributed by atoms with Gasteiger partial charge >= 0.3 is 27.6 Å². The first-order valence-corrected chi connectivity index (χ1v) is 15.2. The molecule has 1 aromatic carbocycles. The van der Waals surface area contributed by atoms with E-state index in [1.165, 1.54) is 25.1 Å². The quantitative estimate of drug-likeness (QED) is 0.0597. The van der Waals surface area contributed by atoms with Crippen molar-refractivity contribution in [3.05, 3.63) is 47.7 Å². The number of hydrogen-bond acceptors (Lipinski definition) is 8. The van der Waals surface area contributed by atoms with E-state index in [1.807, 2.05) is 0 Å². The van der Waals surface area contributed by atoms with Crippen molar-refractivity contribution in [3.8, 4) is 0 Å². The largest absolute Gasteiger partial charge is 0.534 e. The molecule has 1 N–H and O–H groups in total. The van der Waals surface area contributed by atoms with Crippen LogP contribution in [0.1, 0.15) is 66.2 Å². The maximum atomic E-state index is 12.6. The van der Waals surface area contributed by atoms with E-state index in [1.54, 1.807) is 6.07 Å². The van der Waals surface area contributed by atoms with Crippen molar-refractivity contribution in [1.82, 2.24) is 0 Å². The van der Waals surface area contributed by atoms with Crippen molar-refractivity contribution in [2.75, 3.05) is 11.0 Å². The number of carbonyl (C=O) groups excluding carboxylic acids is 1. The summed E-state index contributed by atoms with van der Waals surface area (Å²) < 4.78 is 83.1. The molecule has 2 fully saturated rings. The molecular formula is C25H30F3IO9S. The fourth-order valence-corrected chi connectivity index (χ4v) is 6.33. The number of carboxylic acids is 1. The number of carboxylic acid groups (broad SMARTS) is 1. The first-order chi connectivity index (χ1) is 18.2. The summed E-state index contributed by atoms with van der Waals surface area (Å²) in [7, 11) is -5.78. The minimum absolute atomic E-state index is 0.0187. The van der Waals surface area contributed by atoms with E-state index in [2.05, 4.69) is 33.4 Å². The van der Waals surface area contributed by atoms with Gasteiger partial charge in [0.1, 0.15) is 11.4 Å². The molecule has 218 valence electrons. The molecule has 9 nitrogen and oxygen atoms in total. The zero-order valence-corrected chi connectivity index (χ0v) is 24.1. The molecule has 0 aliphatic carbocycles. The lowest BCUT2D eigenvalue weighted by molar-refractivity contribution is -0.156. The van der Waals surface area contributed by atoms with Crippen LogP contribution in [0, 0.1) is 5.92 Å². The number of ether oxygens (including phenoxy) is 3. The molecule has 1 unspecified atom stereocenters. The Kier molecular flexibility index (Phi) is 10.3. The molecule has 1 aromatic rings. The van der Waals surface area contributed by atoms with Crippen molar-refractivity contribution in [1.29, 1.82) is 0 Å². The molecule has 5 atom stereocenters. The lowest BCUT2D eigenvalue weighted by atomic mass is 9.86. The van der Waals surface area contributed by atoms with Crippen LogP contribution in [0.5, 0.6) is 0 Å². The summed E-state index contributed by atoms with van der Waals surface area (Å²) in [5.74, 6) is -3.13. The summed E-state index contributed by atoms with van der Waals surface area (Å²) in [4.78, 5) is 23.6. The van der Waals surface area contributed by atoms with Crippen LogP contribution in [0.3, 0.4) is 0 Å². The fraction of sp³-hybridized carbons (Fsp3) is 0.600. The predicted molar refractivity (Wildman–Crippen MR) is 141 cm³/mol. The maximum Gasteiger partial charge on any atom is 0.534 e. The highest BCUT2D eigenvalue weighted by molar-refractivity contribution is 14.1. The molecule has 0 aromatic heterocycles. The van der Waals surface area contributed by atoms with Gasteiger partial charge in [0.2, 0.25) is 0 Å². The van der Waals surface area contributed by atoms with Crippen LogP contribution in [-0.4, -0.2) is 65.9 Å². The number of halogens is 4. The second kappa shape index (κ2) is 12.7. The van der Waals surface area contributed by atoms with E-state index in [9.17, 15) is 36.3 Å². The third-order valence-corrected chi connectivity index (χ3v) is 9.13. The average molecular weight is 690 g/mol. The number of alkyl halides is 4. The third kappa shape index (κ3) is 7.64. The Hall–Kier alpha value is -1.91. The zero-order chi connectivity index (χ0) is 29.0. The minimum atomic E-state index is -5.78. The Balaban J connectivity index is 1.49. The lowest BCUT2D eigenvalue weighted by Crippen LogP contribution is -2.50. The minimum Gasteiger partial charge on any atom is -0.478 e. The third-order valence-electron chi connectivity index (χ3n) is 6.84. The highest BCUT2D eigenvalue weighted by Gasteiger charge is 2.53. The number of hydrogen-bond donors (Lipinski definition) is 1. The molecule has 0 saturated carbocycles. The molecule has 3 rings (SSSR count). The Morgan fingerprint density at radius 3 is 2.51 bits per heavy atom. The van der Waals surface area contributed by atoms with Gasteiger partial charge in [-0.15, -0.1) is 0 Å². The Bertz CT molecular complexity index is 1170. The normalized spacial score (nSPS) is 25.9. The number of aromatic carboxylic acids is 1. The Morgan fingerprint density at radius 1 is 1.23 bits per heavy atom. The van der Waals surface area contributed by atoms with Gasteiger partial charge in [-0.2, -0.15) is 21.6 Å². The van der Waals surface area contributed by atoms with Crippen LogP contribution < -0.4 is 0 Å². The molecular weight excluding hydrogens is 660 g/mol. The summed E-state index contributed by atoms with van der Waals surface area (Å²) in [6, 6.07) is 5.81. The SMILES string of the molecule is C=C(OS(=O)(=O)C(F)(F)F)[C@H](C)C[C@H]1CC[C@@H]2O[C@@H](CCCOC(=O)c3ccccc3C(=O)O)CC2(CI)O1. The highest BCUT2D eigenvalue weighted by atomic mass is 127. The van der Waals surface area contributed by atoms with Crippen molar-refractivity contribution in [2.45, 2.75) is 74.9 Å². The van der Waals surface area contributed by atoms with Crippen LogP contribution in [0.4, 0.5) is 13.2 Å². The highest BCUT2D eigenvalue weighted by Crippen LogP contribution is 2.45. The second-order valence-corrected chi connectivity index (χ2v) is 12.0. The first-order valence-electron chi connectivity index (χ1n) is 12.3. The van der Waals surface area contributed by atoms with Gasteiger partial charge in [-0.25, -0.2) is 9.59 Å². The molecule has 39 heavy (non-hydrogen) atoms. The zero-order valence-electron chi connectivity index (χ0n) is 21.1. The van der Waals surface area contributed by atoms with Crippen molar-refractivity contribution >= 4 is 44.6 Å². The van der Waals surface area contributed by atoms with E-state index >= 15 is 0 Å². The number of benzene rings is 1. The van der Waals surface area contributed by atoms with Gasteiger partial charge in [-0.1, -0.05) is 48.2 Å². The van der Waals surface area contributed by atoms with Crippen LogP contribution in [0.15, 0.2) is 36.6 Å². The summed E-state index contributed by atoms with van der Waals surface area (Å²) in [5.41, 5.74) is -6.29. The fourth-order valence-electron chi connectivity index (χ4n) is 4.81. The predicted octanol–water partition coefficient (Wildman–Crippen LogP) is 5.24. The lowest BCUT2D eigenvalue weighted by Gasteiger charge is -2.41. The maximum absolute atomic E-state index is 12.6. The summed E-state index contributed by atoms with van der Waals surface area (Å²) in [6.45, 7) is 4.99. The molecule has 2 aliphatic heterocycles. The Morgan fingerprint density at radius 2 is 1.90 bits per heavy atom. The molecule has 14 heteroatoms. The van der Waals surface area contributed by atoms with E-state index < -0.39 is 44.8 Å². The van der Waals surface area contributed by atoms with Crippen LogP contribution >= 0.6 is 22.6 Å². The molecule has 0 bridgehead atoms. The summed E-state index contributed by atoms with van der Waals surface area (Å²) >= 11 is 2.21. The van der Waals surface area contributed by atoms with Gasteiger partial charge < -0.3 is 23.5 Å². The number of fused-ring (bicyclic) bond motifs is 1. The molecule has 2 heterocycles. The summed E-state index contributed by atoms with van der Waals surface area (Å²) in [5, 5.41) is 9.23. The van der Waals surface area contributed by atoms with E-state index in [0.29, 0.717) is 36.5 Å². The smallest absolute Gasteiger partial charge is 0.478 e. The van der Waals surface area contributed by atoms with Gasteiger partial charge in [-0.3, -0.25) is 0 Å². The molecule has 2 saturated heterocycles. The molecule has 0 spiro atoms. The van der Waals surface area contributed by atoms with Crippen molar-refractivity contribution in [2.24, 2.45) is 5.92 Å². The van der Waals surface area contributed by atoms with Gasteiger partial charge in [-0.05, 0) is 44.2 Å². The standard InChI is InChI=1S/C25H30F3IO9S/c1-15(16(2)38-39(33,34)25(26,27)28)12-17-9-10-21-24(14-29,37-17)13-18(36-21)6-5-11-35-23(32)20-8-4-3-7-19(20)22(30)31/h3-4,7-8,15,17-18,21H,2,5-6,9-14H2,1H3,(H,30,31)/t15-,17-,18+,21+,24?/m1/s1. The molecule has 0 amide bonds. The average Bonchev–Trinajstić information content (AvgIpc) is 3.23. The Labute approximate surface area is 238 Å². The van der Waals surface area contributed by atoms with Crippen molar-refractivity contribution in [3.63, 3.8) is 0 Å². The summed E-state index contributed by atoms with van der Waals surface area (Å²) in [6.07, 6.45) is 2.40. The number of carbonyl (C=O) groups is 2. The second-order valence-electron chi connectivity index (χ2n) is 9.68. The number of esters is 1. The topological polar surface area (TPSA) is 125 Å². The van der Waals surface area contributed by atoms with E-state index in [-0.39, 0.29) is 42.5 Å². The number of allylic oxidation sites excluding steroid dienone is 1. The van der Waals surface area contributed by atoms with Gasteiger partial charge in [0.05, 0.1) is 36.0 Å².